The highest BCUT2D eigenvalue weighted by molar-refractivity contribution is 6.30. The number of hydrogen-bond donors (Lipinski definition) is 0. The van der Waals surface area contributed by atoms with Crippen molar-refractivity contribution >= 4 is 34.6 Å². The molecular weight excluding hydrogens is 260 g/mol. The Hall–Kier alpha value is -1.61. The van der Waals surface area contributed by atoms with E-state index in [-0.39, 0.29) is 0 Å². The number of aromatic nitrogens is 1. The predicted molar refractivity (Wildman–Crippen MR) is 77.6 cm³/mol. The lowest BCUT2D eigenvalue weighted by molar-refractivity contribution is -0.107. The van der Waals surface area contributed by atoms with Gasteiger partial charge in [0.05, 0.1) is 11.2 Å². The van der Waals surface area contributed by atoms with E-state index >= 15 is 0 Å². The number of carbonyl (C=O) groups excluding carboxylic acids is 1. The number of benzene rings is 1. The molecule has 98 valence electrons. The second-order valence-corrected chi connectivity index (χ2v) is 5.32. The highest BCUT2D eigenvalue weighted by atomic mass is 35.5. The first kappa shape index (κ1) is 12.4. The van der Waals surface area contributed by atoms with Gasteiger partial charge in [0.25, 0.3) is 0 Å². The van der Waals surface area contributed by atoms with Crippen LogP contribution >= 0.6 is 11.6 Å². The number of halogens is 1. The number of amides is 1. The predicted octanol–water partition coefficient (Wildman–Crippen LogP) is 3.79. The van der Waals surface area contributed by atoms with E-state index in [9.17, 15) is 4.79 Å². The molecule has 0 unspecified atom stereocenters. The van der Waals surface area contributed by atoms with E-state index < -0.39 is 0 Å². The van der Waals surface area contributed by atoms with Crippen molar-refractivity contribution < 1.29 is 4.79 Å². The molecule has 1 heterocycles. The van der Waals surface area contributed by atoms with Gasteiger partial charge in [0.1, 0.15) is 5.15 Å². The average Bonchev–Trinajstić information content (AvgIpc) is 2.93. The maximum absolute atomic E-state index is 11.5. The molecule has 1 aliphatic rings. The molecule has 1 amide bonds. The van der Waals surface area contributed by atoms with Crippen LogP contribution < -0.4 is 4.90 Å². The summed E-state index contributed by atoms with van der Waals surface area (Å²) in [7, 11) is 0. The maximum Gasteiger partial charge on any atom is 0.214 e. The van der Waals surface area contributed by atoms with Crippen LogP contribution in [0.1, 0.15) is 25.7 Å². The minimum Gasteiger partial charge on any atom is -0.311 e. The van der Waals surface area contributed by atoms with Crippen LogP contribution in [0, 0.1) is 0 Å². The van der Waals surface area contributed by atoms with Gasteiger partial charge >= 0.3 is 0 Å². The standard InChI is InChI=1S/C15H15ClN2O/c16-15-9-14(12-7-3-4-8-13(12)17-15)18(10-19)11-5-1-2-6-11/h3-4,7-11H,1-2,5-6H2. The van der Waals surface area contributed by atoms with E-state index in [0.717, 1.165) is 35.8 Å². The lowest BCUT2D eigenvalue weighted by Crippen LogP contribution is -2.32. The Labute approximate surface area is 117 Å². The lowest BCUT2D eigenvalue weighted by atomic mass is 10.1. The van der Waals surface area contributed by atoms with E-state index in [1.165, 1.54) is 12.8 Å². The van der Waals surface area contributed by atoms with Crippen molar-refractivity contribution in [3.05, 3.63) is 35.5 Å². The van der Waals surface area contributed by atoms with Crippen molar-refractivity contribution in [2.45, 2.75) is 31.7 Å². The number of nitrogens with zero attached hydrogens (tertiary/aromatic N) is 2. The molecule has 3 rings (SSSR count). The molecule has 4 heteroatoms. The van der Waals surface area contributed by atoms with Crippen molar-refractivity contribution in [3.63, 3.8) is 0 Å². The molecular formula is C15H15ClN2O. The van der Waals surface area contributed by atoms with Gasteiger partial charge in [0.15, 0.2) is 0 Å². The second-order valence-electron chi connectivity index (χ2n) is 4.93. The fourth-order valence-corrected chi connectivity index (χ4v) is 3.06. The number of carbonyl (C=O) groups is 1. The summed E-state index contributed by atoms with van der Waals surface area (Å²) in [6.45, 7) is 0. The quantitative estimate of drug-likeness (QED) is 0.630. The van der Waals surface area contributed by atoms with Gasteiger partial charge in [-0.3, -0.25) is 4.79 Å². The van der Waals surface area contributed by atoms with E-state index in [2.05, 4.69) is 4.98 Å². The second kappa shape index (κ2) is 5.17. The topological polar surface area (TPSA) is 33.2 Å². The van der Waals surface area contributed by atoms with Crippen LogP contribution in [0.4, 0.5) is 5.69 Å². The van der Waals surface area contributed by atoms with Crippen molar-refractivity contribution in [1.29, 1.82) is 0 Å². The van der Waals surface area contributed by atoms with E-state index in [1.807, 2.05) is 29.2 Å². The summed E-state index contributed by atoms with van der Waals surface area (Å²) in [5.41, 5.74) is 1.70. The summed E-state index contributed by atoms with van der Waals surface area (Å²) in [5, 5.41) is 1.41. The van der Waals surface area contributed by atoms with Crippen LogP contribution in [0.2, 0.25) is 5.15 Å². The highest BCUT2D eigenvalue weighted by Gasteiger charge is 2.24. The molecule has 3 nitrogen and oxygen atoms in total. The summed E-state index contributed by atoms with van der Waals surface area (Å²) in [6.07, 6.45) is 5.42. The Balaban J connectivity index is 2.13. The first-order chi connectivity index (χ1) is 9.29. The van der Waals surface area contributed by atoms with Crippen molar-refractivity contribution in [3.8, 4) is 0 Å². The van der Waals surface area contributed by atoms with Gasteiger partial charge in [-0.1, -0.05) is 42.6 Å². The van der Waals surface area contributed by atoms with Crippen molar-refractivity contribution in [1.82, 2.24) is 4.98 Å². The number of rotatable bonds is 3. The zero-order valence-corrected chi connectivity index (χ0v) is 11.3. The SMILES string of the molecule is O=CN(c1cc(Cl)nc2ccccc12)C1CCCC1. The molecule has 0 aliphatic heterocycles. The maximum atomic E-state index is 11.5. The third-order valence-electron chi connectivity index (χ3n) is 3.77. The molecule has 1 fully saturated rings. The summed E-state index contributed by atoms with van der Waals surface area (Å²) in [5.74, 6) is 0. The Morgan fingerprint density at radius 2 is 2.00 bits per heavy atom. The molecule has 1 aromatic carbocycles. The molecule has 0 bridgehead atoms. The highest BCUT2D eigenvalue weighted by Crippen LogP contribution is 2.33. The van der Waals surface area contributed by atoms with Gasteiger partial charge in [0.2, 0.25) is 6.41 Å². The lowest BCUT2D eigenvalue weighted by Gasteiger charge is -2.25. The van der Waals surface area contributed by atoms with E-state index in [0.29, 0.717) is 11.2 Å². The number of pyridine rings is 1. The van der Waals surface area contributed by atoms with Gasteiger partial charge in [-0.15, -0.1) is 0 Å². The normalized spacial score (nSPS) is 15.8. The van der Waals surface area contributed by atoms with Crippen LogP contribution in [-0.4, -0.2) is 17.4 Å². The third kappa shape index (κ3) is 2.30. The van der Waals surface area contributed by atoms with Crippen LogP contribution in [-0.2, 0) is 4.79 Å². The smallest absolute Gasteiger partial charge is 0.214 e. The summed E-state index contributed by atoms with van der Waals surface area (Å²) in [6, 6.07) is 9.87. The molecule has 1 aliphatic carbocycles. The number of hydrogen-bond acceptors (Lipinski definition) is 2. The van der Waals surface area contributed by atoms with Gasteiger partial charge in [-0.05, 0) is 25.0 Å². The van der Waals surface area contributed by atoms with Crippen LogP contribution in [0.5, 0.6) is 0 Å². The molecule has 0 N–H and O–H groups in total. The van der Waals surface area contributed by atoms with Crippen LogP contribution in [0.25, 0.3) is 10.9 Å². The first-order valence-corrected chi connectivity index (χ1v) is 6.96. The number of fused-ring (bicyclic) bond motifs is 1. The van der Waals surface area contributed by atoms with Crippen LogP contribution in [0.15, 0.2) is 30.3 Å². The number of para-hydroxylation sites is 1. The molecule has 0 spiro atoms. The van der Waals surface area contributed by atoms with Gasteiger partial charge in [-0.25, -0.2) is 4.98 Å². The van der Waals surface area contributed by atoms with Gasteiger partial charge in [-0.2, -0.15) is 0 Å². The Morgan fingerprint density at radius 3 is 2.74 bits per heavy atom. The zero-order valence-electron chi connectivity index (χ0n) is 10.6. The minimum absolute atomic E-state index is 0.291. The fraction of sp³-hybridized carbons (Fsp3) is 0.333. The summed E-state index contributed by atoms with van der Waals surface area (Å²) < 4.78 is 0. The van der Waals surface area contributed by atoms with E-state index in [4.69, 9.17) is 11.6 Å². The van der Waals surface area contributed by atoms with Crippen LogP contribution in [0.3, 0.4) is 0 Å². The monoisotopic (exact) mass is 274 g/mol. The molecule has 2 aromatic rings. The molecule has 0 saturated heterocycles. The van der Waals surface area contributed by atoms with Gasteiger partial charge in [0, 0.05) is 11.4 Å². The Kier molecular flexibility index (Phi) is 3.38. The summed E-state index contributed by atoms with van der Waals surface area (Å²) >= 11 is 6.08. The molecule has 1 saturated carbocycles. The average molecular weight is 275 g/mol. The molecule has 1 aromatic heterocycles. The number of anilines is 1. The van der Waals surface area contributed by atoms with E-state index in [1.54, 1.807) is 6.07 Å². The molecule has 19 heavy (non-hydrogen) atoms. The Morgan fingerprint density at radius 1 is 1.26 bits per heavy atom. The molecule has 0 atom stereocenters. The first-order valence-electron chi connectivity index (χ1n) is 6.58. The molecule has 0 radical (unpaired) electrons. The minimum atomic E-state index is 0.291. The van der Waals surface area contributed by atoms with Crippen molar-refractivity contribution in [2.24, 2.45) is 0 Å². The van der Waals surface area contributed by atoms with Gasteiger partial charge < -0.3 is 4.90 Å². The fourth-order valence-electron chi connectivity index (χ4n) is 2.86. The largest absolute Gasteiger partial charge is 0.311 e. The Bertz CT molecular complexity index is 608. The summed E-state index contributed by atoms with van der Waals surface area (Å²) in [4.78, 5) is 17.6. The zero-order chi connectivity index (χ0) is 13.2. The third-order valence-corrected chi connectivity index (χ3v) is 3.97. The van der Waals surface area contributed by atoms with Crippen molar-refractivity contribution in [2.75, 3.05) is 4.90 Å².